The Morgan fingerprint density at radius 2 is 2.26 bits per heavy atom. The summed E-state index contributed by atoms with van der Waals surface area (Å²) in [6.07, 6.45) is 7.41. The van der Waals surface area contributed by atoms with E-state index in [1.165, 1.54) is 16.9 Å². The molecule has 0 aliphatic carbocycles. The molecule has 4 nitrogen and oxygen atoms in total. The van der Waals surface area contributed by atoms with Crippen molar-refractivity contribution in [1.29, 1.82) is 0 Å². The summed E-state index contributed by atoms with van der Waals surface area (Å²) < 4.78 is 7.55. The summed E-state index contributed by atoms with van der Waals surface area (Å²) >= 11 is 1.90. The molecule has 0 unspecified atom stereocenters. The number of esters is 1. The second-order valence-corrected chi connectivity index (χ2v) is 5.92. The molecule has 2 aliphatic heterocycles. The van der Waals surface area contributed by atoms with E-state index < -0.39 is 0 Å². The molecule has 0 bridgehead atoms. The number of piperidine rings is 1. The number of carbonyl (C=O) groups excluding carboxylic acids is 1. The predicted octanol–water partition coefficient (Wildman–Crippen LogP) is 1.48. The average Bonchev–Trinajstić information content (AvgIpc) is 2.83. The van der Waals surface area contributed by atoms with E-state index in [1.54, 1.807) is 0 Å². The molecule has 5 heteroatoms. The van der Waals surface area contributed by atoms with Crippen LogP contribution < -0.4 is 0 Å². The quantitative estimate of drug-likeness (QED) is 0.446. The van der Waals surface area contributed by atoms with Crippen LogP contribution in [0.2, 0.25) is 0 Å². The number of ether oxygens (including phenoxy) is 1. The maximum atomic E-state index is 11.1. The molecular weight excluding hydrogens is 260 g/mol. The van der Waals surface area contributed by atoms with Crippen LogP contribution in [0, 0.1) is 0 Å². The summed E-state index contributed by atoms with van der Waals surface area (Å²) in [6.45, 7) is 6.42. The minimum absolute atomic E-state index is 0.0475. The monoisotopic (exact) mass is 281 g/mol. The molecule has 0 radical (unpaired) electrons. The lowest BCUT2D eigenvalue weighted by Gasteiger charge is -2.20. The fraction of sp³-hybridized carbons (Fsp3) is 0.571. The van der Waals surface area contributed by atoms with Crippen LogP contribution in [0.15, 0.2) is 23.8 Å². The Hall–Kier alpha value is -1.23. The molecule has 2 aliphatic rings. The summed E-state index contributed by atoms with van der Waals surface area (Å²) in [5.41, 5.74) is 0. The highest BCUT2D eigenvalue weighted by molar-refractivity contribution is 8.03. The molecular formula is C14H21N2O2S+. The zero-order valence-corrected chi connectivity index (χ0v) is 12.2. The third-order valence-electron chi connectivity index (χ3n) is 3.41. The third-order valence-corrected chi connectivity index (χ3v) is 4.54. The van der Waals surface area contributed by atoms with Crippen molar-refractivity contribution in [2.75, 3.05) is 32.4 Å². The average molecular weight is 281 g/mol. The number of carbonyl (C=O) groups is 1. The highest BCUT2D eigenvalue weighted by atomic mass is 32.2. The maximum Gasteiger partial charge on any atom is 0.330 e. The van der Waals surface area contributed by atoms with Crippen LogP contribution in [-0.4, -0.2) is 60.2 Å². The van der Waals surface area contributed by atoms with E-state index in [9.17, 15) is 4.79 Å². The molecule has 2 saturated heterocycles. The minimum atomic E-state index is -0.312. The smallest absolute Gasteiger partial charge is 0.330 e. The molecule has 0 aromatic heterocycles. The first-order chi connectivity index (χ1) is 9.19. The van der Waals surface area contributed by atoms with Gasteiger partial charge >= 0.3 is 5.97 Å². The summed E-state index contributed by atoms with van der Waals surface area (Å²) in [6, 6.07) is 0. The molecule has 19 heavy (non-hydrogen) atoms. The van der Waals surface area contributed by atoms with Gasteiger partial charge < -0.3 is 9.64 Å². The van der Waals surface area contributed by atoms with E-state index in [0.29, 0.717) is 0 Å². The standard InChI is InChI=1S/C14H21N2O2S/c1-3-14(17)18-12-4-7-16(8-5-12)9-6-13-15(2)10-11-19-13/h3,6,9,12H,1,4-5,7-8,10-11H2,2H3/q+1. The van der Waals surface area contributed by atoms with Crippen LogP contribution in [0.25, 0.3) is 0 Å². The van der Waals surface area contributed by atoms with Crippen LogP contribution in [0.3, 0.4) is 0 Å². The fourth-order valence-electron chi connectivity index (χ4n) is 2.21. The highest BCUT2D eigenvalue weighted by Crippen LogP contribution is 2.24. The van der Waals surface area contributed by atoms with Gasteiger partial charge in [-0.1, -0.05) is 6.58 Å². The van der Waals surface area contributed by atoms with Gasteiger partial charge in [-0.25, -0.2) is 9.37 Å². The van der Waals surface area contributed by atoms with Gasteiger partial charge in [-0.15, -0.1) is 11.8 Å². The number of hydrogen-bond acceptors (Lipinski definition) is 4. The normalized spacial score (nSPS) is 25.5. The number of allylic oxidation sites excluding steroid dienone is 1. The van der Waals surface area contributed by atoms with Crippen molar-refractivity contribution in [3.05, 3.63) is 23.8 Å². The molecule has 0 N–H and O–H groups in total. The molecule has 0 atom stereocenters. The van der Waals surface area contributed by atoms with Gasteiger partial charge in [0.1, 0.15) is 19.2 Å². The van der Waals surface area contributed by atoms with E-state index in [0.717, 1.165) is 32.5 Å². The van der Waals surface area contributed by atoms with Crippen molar-refractivity contribution in [2.45, 2.75) is 18.9 Å². The lowest BCUT2D eigenvalue weighted by Crippen LogP contribution is -2.32. The van der Waals surface area contributed by atoms with Gasteiger partial charge in [-0.2, -0.15) is 0 Å². The fourth-order valence-corrected chi connectivity index (χ4v) is 3.25. The number of hydrogen-bond donors (Lipinski definition) is 0. The van der Waals surface area contributed by atoms with Crippen LogP contribution in [0.4, 0.5) is 0 Å². The Morgan fingerprint density at radius 3 is 2.84 bits per heavy atom. The lowest BCUT2D eigenvalue weighted by molar-refractivity contribution is -0.536. The molecule has 0 aromatic carbocycles. The van der Waals surface area contributed by atoms with Crippen molar-refractivity contribution >= 4 is 23.9 Å². The van der Waals surface area contributed by atoms with Crippen molar-refractivity contribution in [3.8, 4) is 0 Å². The van der Waals surface area contributed by atoms with Crippen molar-refractivity contribution in [3.63, 3.8) is 0 Å². The molecule has 2 fully saturated rings. The van der Waals surface area contributed by atoms with E-state index in [2.05, 4.69) is 35.4 Å². The molecule has 104 valence electrons. The zero-order valence-electron chi connectivity index (χ0n) is 11.4. The van der Waals surface area contributed by atoms with Gasteiger partial charge in [-0.3, -0.25) is 0 Å². The van der Waals surface area contributed by atoms with Gasteiger partial charge in [0.2, 0.25) is 0 Å². The molecule has 2 heterocycles. The van der Waals surface area contributed by atoms with Gasteiger partial charge in [-0.05, 0) is 0 Å². The van der Waals surface area contributed by atoms with Gasteiger partial charge in [0.05, 0.1) is 5.03 Å². The first-order valence-corrected chi connectivity index (χ1v) is 7.64. The van der Waals surface area contributed by atoms with Crippen molar-refractivity contribution in [1.82, 2.24) is 4.90 Å². The van der Waals surface area contributed by atoms with Gasteiger partial charge in [0.25, 0.3) is 0 Å². The van der Waals surface area contributed by atoms with Gasteiger partial charge in [0, 0.05) is 44.3 Å². The van der Waals surface area contributed by atoms with Crippen LogP contribution >= 0.6 is 11.8 Å². The van der Waals surface area contributed by atoms with Crippen LogP contribution in [0.5, 0.6) is 0 Å². The van der Waals surface area contributed by atoms with E-state index in [4.69, 9.17) is 4.74 Å². The molecule has 0 amide bonds. The molecule has 2 rings (SSSR count). The van der Waals surface area contributed by atoms with Crippen LogP contribution in [0.1, 0.15) is 12.8 Å². The topological polar surface area (TPSA) is 32.6 Å². The Morgan fingerprint density at radius 1 is 1.53 bits per heavy atom. The molecule has 0 spiro atoms. The predicted molar refractivity (Wildman–Crippen MR) is 78.5 cm³/mol. The number of thioether (sulfide) groups is 1. The van der Waals surface area contributed by atoms with E-state index in [-0.39, 0.29) is 12.1 Å². The summed E-state index contributed by atoms with van der Waals surface area (Å²) in [4.78, 5) is 13.4. The van der Waals surface area contributed by atoms with E-state index >= 15 is 0 Å². The first-order valence-electron chi connectivity index (χ1n) is 6.65. The SMILES string of the molecule is C=CC(=O)OC1CC[N+](=CC=C2SCCN2C)CC1. The molecule has 0 aromatic rings. The highest BCUT2D eigenvalue weighted by Gasteiger charge is 2.23. The summed E-state index contributed by atoms with van der Waals surface area (Å²) in [5, 5.41) is 1.33. The Balaban J connectivity index is 1.82. The Bertz CT molecular complexity index is 408. The Labute approximate surface area is 118 Å². The minimum Gasteiger partial charge on any atom is -0.459 e. The van der Waals surface area contributed by atoms with Crippen molar-refractivity contribution < 1.29 is 14.1 Å². The number of rotatable bonds is 3. The lowest BCUT2D eigenvalue weighted by atomic mass is 10.1. The third kappa shape index (κ3) is 4.13. The van der Waals surface area contributed by atoms with E-state index in [1.807, 2.05) is 11.8 Å². The first kappa shape index (κ1) is 14.2. The number of nitrogens with zero attached hydrogens (tertiary/aromatic N) is 2. The van der Waals surface area contributed by atoms with Crippen molar-refractivity contribution in [2.24, 2.45) is 0 Å². The van der Waals surface area contributed by atoms with Gasteiger partial charge in [0.15, 0.2) is 6.21 Å². The molecule has 0 saturated carbocycles. The second-order valence-electron chi connectivity index (χ2n) is 4.80. The Kier molecular flexibility index (Phi) is 5.07. The second kappa shape index (κ2) is 6.80. The largest absolute Gasteiger partial charge is 0.459 e. The summed E-state index contributed by atoms with van der Waals surface area (Å²) in [5.74, 6) is 0.865. The van der Waals surface area contributed by atoms with Crippen LogP contribution in [-0.2, 0) is 9.53 Å². The summed E-state index contributed by atoms with van der Waals surface area (Å²) in [7, 11) is 2.13. The zero-order chi connectivity index (χ0) is 13.7. The maximum absolute atomic E-state index is 11.1.